The number of carbonyl (C=O) groups excluding carboxylic acids is 1. The van der Waals surface area contributed by atoms with Gasteiger partial charge in [0.2, 0.25) is 0 Å². The number of hydrogen-bond acceptors (Lipinski definition) is 4. The van der Waals surface area contributed by atoms with Crippen molar-refractivity contribution in [3.8, 4) is 0 Å². The summed E-state index contributed by atoms with van der Waals surface area (Å²) in [4.78, 5) is 18.6. The average Bonchev–Trinajstić information content (AvgIpc) is 2.74. The molecule has 0 radical (unpaired) electrons. The van der Waals surface area contributed by atoms with Gasteiger partial charge >= 0.3 is 5.97 Å². The molecule has 4 heteroatoms. The van der Waals surface area contributed by atoms with Crippen molar-refractivity contribution in [1.82, 2.24) is 4.98 Å². The first-order valence-corrected chi connectivity index (χ1v) is 6.41. The lowest BCUT2D eigenvalue weighted by atomic mass is 9.90. The number of rotatable bonds is 3. The lowest BCUT2D eigenvalue weighted by molar-refractivity contribution is -0.153. The molecule has 1 saturated heterocycles. The van der Waals surface area contributed by atoms with Crippen molar-refractivity contribution < 1.29 is 9.53 Å². The van der Waals surface area contributed by atoms with E-state index in [0.717, 1.165) is 24.5 Å². The number of carbonyl (C=O) groups is 1. The third-order valence-corrected chi connectivity index (χ3v) is 3.44. The molecule has 0 bridgehead atoms. The lowest BCUT2D eigenvalue weighted by Gasteiger charge is -2.23. The summed E-state index contributed by atoms with van der Waals surface area (Å²) >= 11 is 0. The van der Waals surface area contributed by atoms with Gasteiger partial charge in [-0.15, -0.1) is 0 Å². The molecule has 4 nitrogen and oxygen atoms in total. The van der Waals surface area contributed by atoms with Crippen LogP contribution in [0.15, 0.2) is 18.2 Å². The molecule has 1 atom stereocenters. The molecule has 0 N–H and O–H groups in total. The minimum Gasteiger partial charge on any atom is -0.466 e. The lowest BCUT2D eigenvalue weighted by Crippen LogP contribution is -2.33. The fraction of sp³-hybridized carbons (Fsp3) is 0.571. The molecular formula is C14H20N2O2. The summed E-state index contributed by atoms with van der Waals surface area (Å²) in [5.41, 5.74) is 0.596. The molecule has 0 amide bonds. The second-order valence-electron chi connectivity index (χ2n) is 5.09. The number of ether oxygens (including phenoxy) is 1. The van der Waals surface area contributed by atoms with Gasteiger partial charge in [0, 0.05) is 18.8 Å². The van der Waals surface area contributed by atoms with Gasteiger partial charge in [0.1, 0.15) is 5.82 Å². The Kier molecular flexibility index (Phi) is 3.55. The smallest absolute Gasteiger partial charge is 0.313 e. The Labute approximate surface area is 108 Å². The SMILES string of the molecule is CCOC(=O)[C@]1(C)CCN(c2cccc(C)n2)C1. The van der Waals surface area contributed by atoms with Crippen LogP contribution in [0.3, 0.4) is 0 Å². The van der Waals surface area contributed by atoms with E-state index in [9.17, 15) is 4.79 Å². The number of nitrogens with zero attached hydrogens (tertiary/aromatic N) is 2. The molecular weight excluding hydrogens is 228 g/mol. The molecule has 98 valence electrons. The second kappa shape index (κ2) is 4.96. The second-order valence-corrected chi connectivity index (χ2v) is 5.09. The van der Waals surface area contributed by atoms with Crippen LogP contribution in [0.1, 0.15) is 26.0 Å². The maximum atomic E-state index is 11.9. The van der Waals surface area contributed by atoms with Gasteiger partial charge in [-0.1, -0.05) is 6.07 Å². The number of esters is 1. The largest absolute Gasteiger partial charge is 0.466 e. The van der Waals surface area contributed by atoms with Gasteiger partial charge in [0.25, 0.3) is 0 Å². The third-order valence-electron chi connectivity index (χ3n) is 3.44. The summed E-state index contributed by atoms with van der Waals surface area (Å²) < 4.78 is 5.15. The van der Waals surface area contributed by atoms with E-state index in [1.54, 1.807) is 0 Å². The van der Waals surface area contributed by atoms with E-state index in [1.165, 1.54) is 0 Å². The fourth-order valence-corrected chi connectivity index (χ4v) is 2.33. The van der Waals surface area contributed by atoms with Crippen molar-refractivity contribution in [3.05, 3.63) is 23.9 Å². The summed E-state index contributed by atoms with van der Waals surface area (Å²) in [6, 6.07) is 5.96. The van der Waals surface area contributed by atoms with Crippen molar-refractivity contribution in [2.24, 2.45) is 5.41 Å². The zero-order valence-corrected chi connectivity index (χ0v) is 11.3. The Bertz CT molecular complexity index is 447. The molecule has 0 aromatic carbocycles. The summed E-state index contributed by atoms with van der Waals surface area (Å²) in [5.74, 6) is 0.850. The van der Waals surface area contributed by atoms with Gasteiger partial charge in [-0.05, 0) is 39.3 Å². The highest BCUT2D eigenvalue weighted by Crippen LogP contribution is 2.33. The summed E-state index contributed by atoms with van der Waals surface area (Å²) in [6.07, 6.45) is 0.821. The fourth-order valence-electron chi connectivity index (χ4n) is 2.33. The normalized spacial score (nSPS) is 23.2. The van der Waals surface area contributed by atoms with Crippen LogP contribution in [0.5, 0.6) is 0 Å². The summed E-state index contributed by atoms with van der Waals surface area (Å²) in [7, 11) is 0. The van der Waals surface area contributed by atoms with Gasteiger partial charge in [-0.2, -0.15) is 0 Å². The molecule has 2 rings (SSSR count). The minimum absolute atomic E-state index is 0.0971. The van der Waals surface area contributed by atoms with Gasteiger partial charge < -0.3 is 9.64 Å². The van der Waals surface area contributed by atoms with Crippen molar-refractivity contribution in [2.75, 3.05) is 24.6 Å². The molecule has 1 aromatic rings. The molecule has 1 fully saturated rings. The van der Waals surface area contributed by atoms with Gasteiger partial charge in [-0.3, -0.25) is 4.79 Å². The van der Waals surface area contributed by atoms with Crippen LogP contribution < -0.4 is 4.90 Å². The van der Waals surface area contributed by atoms with Crippen LogP contribution in [0.25, 0.3) is 0 Å². The average molecular weight is 248 g/mol. The quantitative estimate of drug-likeness (QED) is 0.769. The number of aryl methyl sites for hydroxylation is 1. The number of pyridine rings is 1. The molecule has 0 unspecified atom stereocenters. The maximum Gasteiger partial charge on any atom is 0.313 e. The van der Waals surface area contributed by atoms with E-state index in [-0.39, 0.29) is 5.97 Å². The first-order chi connectivity index (χ1) is 8.55. The molecule has 2 heterocycles. The van der Waals surface area contributed by atoms with Crippen molar-refractivity contribution in [3.63, 3.8) is 0 Å². The highest BCUT2D eigenvalue weighted by Gasteiger charge is 2.42. The van der Waals surface area contributed by atoms with Crippen LogP contribution in [-0.4, -0.2) is 30.6 Å². The van der Waals surface area contributed by atoms with Gasteiger partial charge in [-0.25, -0.2) is 4.98 Å². The van der Waals surface area contributed by atoms with E-state index in [1.807, 2.05) is 39.0 Å². The zero-order chi connectivity index (χ0) is 13.2. The Morgan fingerprint density at radius 1 is 1.56 bits per heavy atom. The Hall–Kier alpha value is -1.58. The maximum absolute atomic E-state index is 11.9. The van der Waals surface area contributed by atoms with Crippen molar-refractivity contribution in [1.29, 1.82) is 0 Å². The Morgan fingerprint density at radius 2 is 2.33 bits per heavy atom. The Morgan fingerprint density at radius 3 is 3.00 bits per heavy atom. The molecule has 0 spiro atoms. The highest BCUT2D eigenvalue weighted by atomic mass is 16.5. The zero-order valence-electron chi connectivity index (χ0n) is 11.3. The molecule has 18 heavy (non-hydrogen) atoms. The molecule has 1 aromatic heterocycles. The van der Waals surface area contributed by atoms with E-state index in [0.29, 0.717) is 13.2 Å². The Balaban J connectivity index is 2.10. The molecule has 1 aliphatic heterocycles. The van der Waals surface area contributed by atoms with Crippen LogP contribution in [0.2, 0.25) is 0 Å². The summed E-state index contributed by atoms with van der Waals surface area (Å²) in [5, 5.41) is 0. The number of anilines is 1. The van der Waals surface area contributed by atoms with E-state index >= 15 is 0 Å². The number of hydrogen-bond donors (Lipinski definition) is 0. The minimum atomic E-state index is -0.401. The molecule has 0 aliphatic carbocycles. The molecule has 1 aliphatic rings. The highest BCUT2D eigenvalue weighted by molar-refractivity contribution is 5.78. The van der Waals surface area contributed by atoms with E-state index in [4.69, 9.17) is 4.74 Å². The van der Waals surface area contributed by atoms with E-state index < -0.39 is 5.41 Å². The first kappa shape index (κ1) is 12.9. The first-order valence-electron chi connectivity index (χ1n) is 6.41. The molecule has 0 saturated carbocycles. The van der Waals surface area contributed by atoms with Crippen LogP contribution >= 0.6 is 0 Å². The predicted molar refractivity (Wildman–Crippen MR) is 70.5 cm³/mol. The standard InChI is InChI=1S/C14H20N2O2/c1-4-18-13(17)14(3)8-9-16(10-14)12-7-5-6-11(2)15-12/h5-7H,4,8-10H2,1-3H3/t14-/m1/s1. The van der Waals surface area contributed by atoms with Gasteiger partial charge in [0.05, 0.1) is 12.0 Å². The monoisotopic (exact) mass is 248 g/mol. The topological polar surface area (TPSA) is 42.4 Å². The van der Waals surface area contributed by atoms with Crippen LogP contribution in [0, 0.1) is 12.3 Å². The van der Waals surface area contributed by atoms with Crippen molar-refractivity contribution in [2.45, 2.75) is 27.2 Å². The third kappa shape index (κ3) is 2.47. The summed E-state index contributed by atoms with van der Waals surface area (Å²) in [6.45, 7) is 7.77. The van der Waals surface area contributed by atoms with Crippen LogP contribution in [-0.2, 0) is 9.53 Å². The predicted octanol–water partition coefficient (Wildman–Crippen LogP) is 2.17. The van der Waals surface area contributed by atoms with Gasteiger partial charge in [0.15, 0.2) is 0 Å². The van der Waals surface area contributed by atoms with Crippen molar-refractivity contribution >= 4 is 11.8 Å². The van der Waals surface area contributed by atoms with Crippen LogP contribution in [0.4, 0.5) is 5.82 Å². The number of aromatic nitrogens is 1. The van der Waals surface area contributed by atoms with E-state index in [2.05, 4.69) is 9.88 Å².